The Bertz CT molecular complexity index is 3970. The summed E-state index contributed by atoms with van der Waals surface area (Å²) in [5.41, 5.74) is 13.8. The summed E-state index contributed by atoms with van der Waals surface area (Å²) in [5, 5.41) is 2.18. The number of hydrogen-bond acceptors (Lipinski definition) is 2. The van der Waals surface area contributed by atoms with E-state index in [2.05, 4.69) is 309 Å². The van der Waals surface area contributed by atoms with Crippen LogP contribution in [0.15, 0.2) is 206 Å². The van der Waals surface area contributed by atoms with Crippen molar-refractivity contribution in [2.45, 2.75) is 110 Å². The van der Waals surface area contributed by atoms with E-state index in [4.69, 9.17) is 9.72 Å². The predicted octanol–water partition coefficient (Wildman–Crippen LogP) is 17.7. The van der Waals surface area contributed by atoms with E-state index in [9.17, 15) is 0 Å². The maximum atomic E-state index is 7.13. The van der Waals surface area contributed by atoms with Crippen molar-refractivity contribution < 1.29 is 30.4 Å². The van der Waals surface area contributed by atoms with Crippen molar-refractivity contribution in [1.29, 1.82) is 0 Å². The fourth-order valence-corrected chi connectivity index (χ4v) is 11.3. The van der Waals surface area contributed by atoms with Crippen molar-refractivity contribution in [3.63, 3.8) is 0 Å². The summed E-state index contributed by atoms with van der Waals surface area (Å²) in [6.07, 6.45) is 5.97. The van der Waals surface area contributed by atoms with Crippen molar-refractivity contribution in [1.82, 2.24) is 14.1 Å². The Kier molecular flexibility index (Phi) is 14.5. The molecular weight excluding hydrogens is 1140 g/mol. The van der Waals surface area contributed by atoms with Gasteiger partial charge in [-0.2, -0.15) is 17.7 Å². The third-order valence-electron chi connectivity index (χ3n) is 16.1. The minimum absolute atomic E-state index is 0. The van der Waals surface area contributed by atoms with Crippen LogP contribution in [0, 0.1) is 18.5 Å². The number of imidazole rings is 1. The fraction of sp³-hybridized carbons (Fsp3) is 0.233. The molecule has 0 N–H and O–H groups in total. The van der Waals surface area contributed by atoms with Gasteiger partial charge < -0.3 is 13.9 Å². The molecule has 0 amide bonds. The third-order valence-corrected chi connectivity index (χ3v) is 16.1. The zero-order valence-electron chi connectivity index (χ0n) is 47.6. The minimum Gasteiger partial charge on any atom is -0.510 e. The van der Waals surface area contributed by atoms with E-state index in [1.165, 1.54) is 33.4 Å². The molecule has 0 saturated carbocycles. The molecule has 0 aliphatic rings. The van der Waals surface area contributed by atoms with Crippen LogP contribution in [0.3, 0.4) is 0 Å². The van der Waals surface area contributed by atoms with Gasteiger partial charge in [-0.1, -0.05) is 234 Å². The SMILES string of the molecule is CC(C)(C)c1cc(Oc2[c-]c3c(cc2)c2cc(-c4ccccc4)ccc2n3-c2cc(C(C)(C)C)ccn2)[c-]c(-n2[c-][n+](-c3cccc(C(C)(C)c4ccccc4)c3)c(C(C)(C)c3ccccc3)c2C(C)(C)c2ccccc2)c1.[Pt]. The van der Waals surface area contributed by atoms with Gasteiger partial charge in [0.1, 0.15) is 5.82 Å². The molecule has 11 rings (SSSR count). The summed E-state index contributed by atoms with van der Waals surface area (Å²) in [7, 11) is 0. The van der Waals surface area contributed by atoms with E-state index in [-0.39, 0.29) is 37.3 Å². The van der Waals surface area contributed by atoms with Crippen molar-refractivity contribution >= 4 is 21.8 Å². The average molecular weight is 1210 g/mol. The summed E-state index contributed by atoms with van der Waals surface area (Å²) in [6, 6.07) is 79.5. The van der Waals surface area contributed by atoms with E-state index < -0.39 is 10.8 Å². The molecule has 0 spiro atoms. The Hall–Kier alpha value is -7.59. The largest absolute Gasteiger partial charge is 0.510 e. The number of rotatable bonds is 12. The molecule has 0 unspecified atom stereocenters. The van der Waals surface area contributed by atoms with Crippen LogP contribution in [0.1, 0.15) is 128 Å². The average Bonchev–Trinajstić information content (AvgIpc) is 4.01. The summed E-state index contributed by atoms with van der Waals surface area (Å²) >= 11 is 0. The Morgan fingerprint density at radius 1 is 0.443 bits per heavy atom. The van der Waals surface area contributed by atoms with E-state index in [0.29, 0.717) is 11.5 Å². The molecule has 6 heteroatoms. The van der Waals surface area contributed by atoms with Gasteiger partial charge in [-0.25, -0.2) is 4.98 Å². The maximum Gasteiger partial charge on any atom is 0.267 e. The van der Waals surface area contributed by atoms with Crippen molar-refractivity contribution in [2.24, 2.45) is 0 Å². The molecule has 0 aliphatic heterocycles. The van der Waals surface area contributed by atoms with Crippen molar-refractivity contribution in [3.8, 4) is 39.8 Å². The summed E-state index contributed by atoms with van der Waals surface area (Å²) in [6.45, 7) is 27.5. The van der Waals surface area contributed by atoms with Gasteiger partial charge in [-0.3, -0.25) is 4.57 Å². The van der Waals surface area contributed by atoms with Crippen molar-refractivity contribution in [3.05, 3.63) is 270 Å². The van der Waals surface area contributed by atoms with E-state index in [1.54, 1.807) is 0 Å². The quantitative estimate of drug-likeness (QED) is 0.0903. The molecule has 8 aromatic carbocycles. The topological polar surface area (TPSA) is 35.9 Å². The zero-order valence-corrected chi connectivity index (χ0v) is 49.9. The van der Waals surface area contributed by atoms with E-state index in [1.807, 2.05) is 12.3 Å². The second-order valence-electron chi connectivity index (χ2n) is 24.6. The standard InChI is InChI=1S/C73H70N4O.Pt/c1-69(2,3)55-40-41-74-66(46-55)77-64-39-36-51(50-26-17-13-18-27-50)42-63(64)62-38-37-60(48-65(62)77)78-61-45-57(70(4,5)6)44-59(47-61)76-49-75(58-35-25-34-56(43-58)71(7,8)52-28-19-14-20-29-52)67(72(9,10)53-30-21-15-22-31-53)68(76)73(11,12)54-32-23-16-24-33-54;/h13-46H,1-12H3;/q-2;. The number of pyridine rings is 1. The van der Waals surface area contributed by atoms with Crippen LogP contribution in [0.2, 0.25) is 0 Å². The molecule has 0 atom stereocenters. The van der Waals surface area contributed by atoms with Crippen LogP contribution in [0.5, 0.6) is 11.5 Å². The van der Waals surface area contributed by atoms with Gasteiger partial charge >= 0.3 is 0 Å². The van der Waals surface area contributed by atoms with Gasteiger partial charge in [0.05, 0.1) is 17.1 Å². The summed E-state index contributed by atoms with van der Waals surface area (Å²) in [4.78, 5) is 5.01. The molecule has 5 nitrogen and oxygen atoms in total. The number of aromatic nitrogens is 4. The Morgan fingerprint density at radius 3 is 1.65 bits per heavy atom. The first-order chi connectivity index (χ1) is 37.2. The van der Waals surface area contributed by atoms with Gasteiger partial charge in [-0.05, 0) is 91.2 Å². The molecule has 0 bridgehead atoms. The first kappa shape index (κ1) is 54.8. The van der Waals surface area contributed by atoms with E-state index in [0.717, 1.165) is 61.5 Å². The Labute approximate surface area is 482 Å². The van der Waals surface area contributed by atoms with E-state index >= 15 is 0 Å². The van der Waals surface area contributed by atoms with Crippen molar-refractivity contribution in [2.75, 3.05) is 0 Å². The maximum absolute atomic E-state index is 7.13. The molecule has 79 heavy (non-hydrogen) atoms. The van der Waals surface area contributed by atoms with Crippen LogP contribution in [-0.2, 0) is 48.1 Å². The predicted molar refractivity (Wildman–Crippen MR) is 321 cm³/mol. The number of hydrogen-bond donors (Lipinski definition) is 0. The Balaban J connectivity index is 0.00000704. The molecule has 11 aromatic rings. The smallest absolute Gasteiger partial charge is 0.267 e. The first-order valence-electron chi connectivity index (χ1n) is 27.4. The van der Waals surface area contributed by atoms with Gasteiger partial charge in [0.2, 0.25) is 0 Å². The molecule has 0 aliphatic carbocycles. The number of nitrogens with zero attached hydrogens (tertiary/aromatic N) is 4. The van der Waals surface area contributed by atoms with Gasteiger partial charge in [-0.15, -0.1) is 29.7 Å². The summed E-state index contributed by atoms with van der Waals surface area (Å²) < 4.78 is 14.0. The normalized spacial score (nSPS) is 12.5. The molecule has 0 fully saturated rings. The monoisotopic (exact) mass is 1210 g/mol. The number of fused-ring (bicyclic) bond motifs is 3. The molecule has 3 heterocycles. The van der Waals surface area contributed by atoms with Gasteiger partial charge in [0.15, 0.2) is 0 Å². The van der Waals surface area contributed by atoms with Gasteiger partial charge in [0.25, 0.3) is 6.33 Å². The zero-order chi connectivity index (χ0) is 54.8. The van der Waals surface area contributed by atoms with Crippen LogP contribution >= 0.6 is 0 Å². The molecule has 0 radical (unpaired) electrons. The third kappa shape index (κ3) is 10.4. The summed E-state index contributed by atoms with van der Waals surface area (Å²) in [5.74, 6) is 2.00. The number of ether oxygens (including phenoxy) is 1. The molecule has 3 aromatic heterocycles. The minimum atomic E-state index is -0.539. The van der Waals surface area contributed by atoms with Crippen LogP contribution in [0.25, 0.3) is 50.1 Å². The number of benzene rings is 8. The molecular formula is C73H70N4OPt-2. The van der Waals surface area contributed by atoms with Crippen LogP contribution < -0.4 is 9.30 Å². The molecule has 0 saturated heterocycles. The molecule has 400 valence electrons. The van der Waals surface area contributed by atoms with Crippen LogP contribution in [-0.4, -0.2) is 14.1 Å². The van der Waals surface area contributed by atoms with Crippen LogP contribution in [0.4, 0.5) is 0 Å². The second-order valence-corrected chi connectivity index (χ2v) is 24.6. The van der Waals surface area contributed by atoms with Gasteiger partial charge in [0, 0.05) is 60.5 Å². The Morgan fingerprint density at radius 2 is 1.03 bits per heavy atom. The first-order valence-corrected chi connectivity index (χ1v) is 27.4. The second kappa shape index (κ2) is 20.9. The fourth-order valence-electron chi connectivity index (χ4n) is 11.3.